The van der Waals surface area contributed by atoms with E-state index in [-0.39, 0.29) is 0 Å². The van der Waals surface area contributed by atoms with Crippen molar-refractivity contribution in [1.29, 1.82) is 0 Å². The molecule has 2 atom stereocenters. The zero-order valence-corrected chi connectivity index (χ0v) is 17.8. The summed E-state index contributed by atoms with van der Waals surface area (Å²) in [6.45, 7) is 2.13. The summed E-state index contributed by atoms with van der Waals surface area (Å²) >= 11 is 14.1. The van der Waals surface area contributed by atoms with Gasteiger partial charge in [0.15, 0.2) is 5.65 Å². The Kier molecular flexibility index (Phi) is 4.91. The third-order valence-corrected chi connectivity index (χ3v) is 7.95. The molecule has 1 aromatic carbocycles. The second-order valence-electron chi connectivity index (χ2n) is 7.58. The summed E-state index contributed by atoms with van der Waals surface area (Å²) in [6.07, 6.45) is 8.24. The van der Waals surface area contributed by atoms with E-state index in [0.29, 0.717) is 16.1 Å². The molecule has 3 heterocycles. The molecule has 2 unspecified atom stereocenters. The summed E-state index contributed by atoms with van der Waals surface area (Å²) in [7, 11) is 2.07. The molecule has 3 aromatic rings. The van der Waals surface area contributed by atoms with Gasteiger partial charge in [-0.25, -0.2) is 9.97 Å². The Morgan fingerprint density at radius 2 is 1.89 bits per heavy atom. The van der Waals surface area contributed by atoms with Gasteiger partial charge in [-0.15, -0.1) is 0 Å². The maximum absolute atomic E-state index is 6.37. The number of hydrogen-bond acceptors (Lipinski definition) is 5. The van der Waals surface area contributed by atoms with Crippen LogP contribution in [-0.2, 0) is 0 Å². The van der Waals surface area contributed by atoms with E-state index in [4.69, 9.17) is 28.2 Å². The second-order valence-corrected chi connectivity index (χ2v) is 9.45. The summed E-state index contributed by atoms with van der Waals surface area (Å²) in [5, 5.41) is 4.56. The Morgan fingerprint density at radius 1 is 1.11 bits per heavy atom. The highest BCUT2D eigenvalue weighted by Crippen LogP contribution is 2.41. The quantitative estimate of drug-likeness (QED) is 0.649. The predicted octanol–water partition coefficient (Wildman–Crippen LogP) is 4.62. The molecule has 5 nitrogen and oxygen atoms in total. The molecule has 0 bridgehead atoms. The Labute approximate surface area is 178 Å². The van der Waals surface area contributed by atoms with E-state index in [1.807, 2.05) is 30.7 Å². The van der Waals surface area contributed by atoms with Crippen LogP contribution in [0.25, 0.3) is 5.65 Å². The Balaban J connectivity index is 1.44. The highest BCUT2D eigenvalue weighted by molar-refractivity contribution is 7.99. The first-order chi connectivity index (χ1) is 13.6. The lowest BCUT2D eigenvalue weighted by molar-refractivity contribution is 0.494. The maximum atomic E-state index is 6.37. The number of nitrogens with one attached hydrogen (secondary N) is 1. The largest absolute Gasteiger partial charge is 0.341 e. The number of benzene rings is 1. The third kappa shape index (κ3) is 3.16. The standard InChI is InChI=1S/C20H21Cl2N5S/c1-23-14-7-12-10-26(11-13(12)8-14)20-25-9-17(19-24-5-6-27(19)20)28-16-4-2-3-15(21)18(16)22/h2-6,9,12-14,23H,7-8,10-11H2,1H3. The van der Waals surface area contributed by atoms with Gasteiger partial charge in [0.05, 0.1) is 14.9 Å². The van der Waals surface area contributed by atoms with Crippen molar-refractivity contribution in [3.8, 4) is 0 Å². The number of nitrogens with zero attached hydrogens (tertiary/aromatic N) is 4. The van der Waals surface area contributed by atoms with Crippen LogP contribution in [0.2, 0.25) is 10.0 Å². The van der Waals surface area contributed by atoms with E-state index in [1.165, 1.54) is 12.8 Å². The molecule has 1 saturated carbocycles. The average Bonchev–Trinajstić information content (AvgIpc) is 3.40. The van der Waals surface area contributed by atoms with Gasteiger partial charge in [0.2, 0.25) is 5.95 Å². The first kappa shape index (κ1) is 18.6. The number of aromatic nitrogens is 3. The summed E-state index contributed by atoms with van der Waals surface area (Å²) < 4.78 is 2.09. The Hall–Kier alpha value is -1.47. The molecular formula is C20H21Cl2N5S. The fraction of sp³-hybridized carbons (Fsp3) is 0.400. The first-order valence-electron chi connectivity index (χ1n) is 9.50. The van der Waals surface area contributed by atoms with Crippen LogP contribution < -0.4 is 10.2 Å². The number of halogens is 2. The van der Waals surface area contributed by atoms with Gasteiger partial charge in [0.1, 0.15) is 0 Å². The predicted molar refractivity (Wildman–Crippen MR) is 115 cm³/mol. The monoisotopic (exact) mass is 433 g/mol. The molecule has 2 fully saturated rings. The molecule has 146 valence electrons. The van der Waals surface area contributed by atoms with Crippen LogP contribution in [0, 0.1) is 11.8 Å². The number of imidazole rings is 1. The maximum Gasteiger partial charge on any atom is 0.211 e. The summed E-state index contributed by atoms with van der Waals surface area (Å²) in [5.74, 6) is 2.47. The molecule has 1 aliphatic heterocycles. The smallest absolute Gasteiger partial charge is 0.211 e. The van der Waals surface area contributed by atoms with Crippen LogP contribution in [0.3, 0.4) is 0 Å². The van der Waals surface area contributed by atoms with Crippen molar-refractivity contribution in [1.82, 2.24) is 19.7 Å². The Bertz CT molecular complexity index is 1010. The van der Waals surface area contributed by atoms with Gasteiger partial charge in [0, 0.05) is 42.6 Å². The van der Waals surface area contributed by atoms with Crippen LogP contribution in [0.4, 0.5) is 5.95 Å². The summed E-state index contributed by atoms with van der Waals surface area (Å²) in [4.78, 5) is 13.7. The van der Waals surface area contributed by atoms with Crippen LogP contribution >= 0.6 is 35.0 Å². The number of rotatable bonds is 4. The van der Waals surface area contributed by atoms with Crippen LogP contribution in [0.15, 0.2) is 46.6 Å². The zero-order chi connectivity index (χ0) is 19.3. The van der Waals surface area contributed by atoms with Crippen molar-refractivity contribution in [2.45, 2.75) is 28.7 Å². The molecule has 1 N–H and O–H groups in total. The van der Waals surface area contributed by atoms with Crippen LogP contribution in [0.5, 0.6) is 0 Å². The normalized spacial score (nSPS) is 24.2. The topological polar surface area (TPSA) is 45.5 Å². The molecule has 0 radical (unpaired) electrons. The van der Waals surface area contributed by atoms with Crippen molar-refractivity contribution in [2.24, 2.45) is 11.8 Å². The van der Waals surface area contributed by atoms with Crippen molar-refractivity contribution >= 4 is 46.6 Å². The molecule has 0 amide bonds. The minimum absolute atomic E-state index is 0.555. The van der Waals surface area contributed by atoms with Gasteiger partial charge in [-0.05, 0) is 43.9 Å². The lowest BCUT2D eigenvalue weighted by Gasteiger charge is -2.21. The van der Waals surface area contributed by atoms with Crippen molar-refractivity contribution in [2.75, 3.05) is 25.0 Å². The minimum atomic E-state index is 0.555. The van der Waals surface area contributed by atoms with E-state index in [0.717, 1.165) is 46.3 Å². The van der Waals surface area contributed by atoms with E-state index in [9.17, 15) is 0 Å². The lowest BCUT2D eigenvalue weighted by atomic mass is 10.0. The second kappa shape index (κ2) is 7.41. The highest BCUT2D eigenvalue weighted by atomic mass is 35.5. The van der Waals surface area contributed by atoms with E-state index in [1.54, 1.807) is 17.8 Å². The van der Waals surface area contributed by atoms with Crippen molar-refractivity contribution in [3.63, 3.8) is 0 Å². The number of fused-ring (bicyclic) bond motifs is 2. The van der Waals surface area contributed by atoms with Gasteiger partial charge in [-0.2, -0.15) is 0 Å². The van der Waals surface area contributed by atoms with Crippen LogP contribution in [-0.4, -0.2) is 40.5 Å². The van der Waals surface area contributed by atoms with Gasteiger partial charge in [-0.3, -0.25) is 4.40 Å². The fourth-order valence-corrected chi connectivity index (χ4v) is 5.97. The van der Waals surface area contributed by atoms with Crippen LogP contribution in [0.1, 0.15) is 12.8 Å². The molecule has 5 rings (SSSR count). The van der Waals surface area contributed by atoms with Gasteiger partial charge in [0.25, 0.3) is 0 Å². The molecular weight excluding hydrogens is 413 g/mol. The van der Waals surface area contributed by atoms with Gasteiger partial charge >= 0.3 is 0 Å². The third-order valence-electron chi connectivity index (χ3n) is 5.95. The van der Waals surface area contributed by atoms with E-state index in [2.05, 4.69) is 26.6 Å². The molecule has 1 saturated heterocycles. The highest BCUT2D eigenvalue weighted by Gasteiger charge is 2.41. The zero-order valence-electron chi connectivity index (χ0n) is 15.5. The molecule has 2 aromatic heterocycles. The average molecular weight is 434 g/mol. The molecule has 0 spiro atoms. The number of anilines is 1. The molecule has 28 heavy (non-hydrogen) atoms. The molecule has 2 aliphatic rings. The lowest BCUT2D eigenvalue weighted by Crippen LogP contribution is -2.29. The fourth-order valence-electron chi connectivity index (χ4n) is 4.57. The van der Waals surface area contributed by atoms with Crippen molar-refractivity contribution in [3.05, 3.63) is 46.8 Å². The van der Waals surface area contributed by atoms with Gasteiger partial charge in [-0.1, -0.05) is 41.0 Å². The Morgan fingerprint density at radius 3 is 2.64 bits per heavy atom. The summed E-state index contributed by atoms with van der Waals surface area (Å²) in [6, 6.07) is 6.33. The molecule has 8 heteroatoms. The first-order valence-corrected chi connectivity index (χ1v) is 11.1. The van der Waals surface area contributed by atoms with E-state index >= 15 is 0 Å². The van der Waals surface area contributed by atoms with Gasteiger partial charge < -0.3 is 10.2 Å². The SMILES string of the molecule is CNC1CC2CN(c3ncc(Sc4cccc(Cl)c4Cl)c4nccn34)CC2C1. The van der Waals surface area contributed by atoms with E-state index < -0.39 is 0 Å². The minimum Gasteiger partial charge on any atom is -0.341 e. The number of hydrogen-bond donors (Lipinski definition) is 1. The van der Waals surface area contributed by atoms with Crippen molar-refractivity contribution < 1.29 is 0 Å². The molecule has 1 aliphatic carbocycles. The summed E-state index contributed by atoms with van der Waals surface area (Å²) in [5.41, 5.74) is 0.899.